The molecule has 1 aliphatic heterocycles. The van der Waals surface area contributed by atoms with Crippen LogP contribution in [-0.2, 0) is 5.60 Å². The lowest BCUT2D eigenvalue weighted by Crippen LogP contribution is -2.39. The first-order chi connectivity index (χ1) is 7.10. The maximum Gasteiger partial charge on any atom is 0.119 e. The van der Waals surface area contributed by atoms with Crippen LogP contribution in [0.3, 0.4) is 0 Å². The van der Waals surface area contributed by atoms with Crippen LogP contribution in [0.4, 0.5) is 0 Å². The molecular formula is C12H16O2S. The summed E-state index contributed by atoms with van der Waals surface area (Å²) in [6.07, 6.45) is 0.193. The van der Waals surface area contributed by atoms with Crippen molar-refractivity contribution < 1.29 is 9.84 Å². The fourth-order valence-corrected chi connectivity index (χ4v) is 2.50. The molecule has 0 radical (unpaired) electrons. The number of aliphatic hydroxyl groups is 1. The Morgan fingerprint density at radius 1 is 1.27 bits per heavy atom. The Hall–Kier alpha value is -0.670. The van der Waals surface area contributed by atoms with Gasteiger partial charge < -0.3 is 9.84 Å². The molecule has 0 atom stereocenters. The van der Waals surface area contributed by atoms with Gasteiger partial charge in [-0.15, -0.1) is 0 Å². The van der Waals surface area contributed by atoms with E-state index in [0.29, 0.717) is 0 Å². The van der Waals surface area contributed by atoms with E-state index >= 15 is 0 Å². The zero-order chi connectivity index (χ0) is 10.9. The Labute approximate surface area is 94.6 Å². The van der Waals surface area contributed by atoms with Crippen molar-refractivity contribution in [1.82, 2.24) is 0 Å². The minimum absolute atomic E-state index is 0.193. The lowest BCUT2D eigenvalue weighted by atomic mass is 9.97. The molecular weight excluding hydrogens is 208 g/mol. The summed E-state index contributed by atoms with van der Waals surface area (Å²) >= 11 is 1.77. The molecule has 1 heterocycles. The third-order valence-corrected chi connectivity index (χ3v) is 3.81. The van der Waals surface area contributed by atoms with E-state index in [1.165, 1.54) is 0 Å². The molecule has 2 nitrogen and oxygen atoms in total. The van der Waals surface area contributed by atoms with Crippen molar-refractivity contribution in [3.05, 3.63) is 29.8 Å². The molecule has 1 aromatic rings. The summed E-state index contributed by atoms with van der Waals surface area (Å²) in [6.45, 7) is 4.01. The molecule has 3 heteroatoms. The summed E-state index contributed by atoms with van der Waals surface area (Å²) in [5, 5.41) is 10.1. The molecule has 1 aromatic carbocycles. The van der Waals surface area contributed by atoms with Gasteiger partial charge in [-0.3, -0.25) is 0 Å². The highest BCUT2D eigenvalue weighted by Crippen LogP contribution is 2.38. The van der Waals surface area contributed by atoms with E-state index in [9.17, 15) is 5.11 Å². The van der Waals surface area contributed by atoms with Gasteiger partial charge in [-0.25, -0.2) is 0 Å². The van der Waals surface area contributed by atoms with Gasteiger partial charge in [0.15, 0.2) is 0 Å². The lowest BCUT2D eigenvalue weighted by Gasteiger charge is -2.36. The molecule has 15 heavy (non-hydrogen) atoms. The Kier molecular flexibility index (Phi) is 2.94. The largest absolute Gasteiger partial charge is 0.491 e. The van der Waals surface area contributed by atoms with E-state index in [0.717, 1.165) is 22.8 Å². The molecule has 2 rings (SSSR count). The monoisotopic (exact) mass is 224 g/mol. The Balaban J connectivity index is 2.10. The van der Waals surface area contributed by atoms with Crippen molar-refractivity contribution in [2.45, 2.75) is 25.6 Å². The van der Waals surface area contributed by atoms with Gasteiger partial charge in [0, 0.05) is 11.5 Å². The maximum absolute atomic E-state index is 10.1. The van der Waals surface area contributed by atoms with Gasteiger partial charge in [0.05, 0.1) is 6.10 Å². The number of rotatable bonds is 3. The van der Waals surface area contributed by atoms with Crippen LogP contribution in [0.15, 0.2) is 24.3 Å². The van der Waals surface area contributed by atoms with E-state index < -0.39 is 5.60 Å². The van der Waals surface area contributed by atoms with Crippen molar-refractivity contribution in [2.75, 3.05) is 11.5 Å². The standard InChI is InChI=1S/C12H16O2S/c1-9(2)14-11-5-3-10(4-6-11)12(13)7-15-8-12/h3-6,9,13H,7-8H2,1-2H3. The second-order valence-corrected chi connectivity index (χ2v) is 5.20. The highest BCUT2D eigenvalue weighted by Gasteiger charge is 2.36. The molecule has 0 amide bonds. The number of benzene rings is 1. The Morgan fingerprint density at radius 2 is 1.87 bits per heavy atom. The van der Waals surface area contributed by atoms with E-state index in [1.807, 2.05) is 38.1 Å². The van der Waals surface area contributed by atoms with Crippen LogP contribution >= 0.6 is 11.8 Å². The first-order valence-corrected chi connectivity index (χ1v) is 6.33. The minimum atomic E-state index is -0.596. The number of hydrogen-bond donors (Lipinski definition) is 1. The topological polar surface area (TPSA) is 29.5 Å². The highest BCUT2D eigenvalue weighted by molar-refractivity contribution is 8.00. The first-order valence-electron chi connectivity index (χ1n) is 5.17. The van der Waals surface area contributed by atoms with Gasteiger partial charge >= 0.3 is 0 Å². The zero-order valence-corrected chi connectivity index (χ0v) is 9.88. The minimum Gasteiger partial charge on any atom is -0.491 e. The van der Waals surface area contributed by atoms with Crippen LogP contribution in [-0.4, -0.2) is 22.7 Å². The molecule has 1 saturated heterocycles. The predicted octanol–water partition coefficient (Wildman–Crippen LogP) is 2.41. The summed E-state index contributed by atoms with van der Waals surface area (Å²) in [5.41, 5.74) is 0.401. The van der Waals surface area contributed by atoms with Crippen molar-refractivity contribution in [2.24, 2.45) is 0 Å². The molecule has 1 aliphatic rings. The normalized spacial score (nSPS) is 18.7. The van der Waals surface area contributed by atoms with E-state index in [4.69, 9.17) is 4.74 Å². The summed E-state index contributed by atoms with van der Waals surface area (Å²) < 4.78 is 5.55. The van der Waals surface area contributed by atoms with Gasteiger partial charge in [-0.1, -0.05) is 12.1 Å². The van der Waals surface area contributed by atoms with Crippen molar-refractivity contribution in [3.8, 4) is 5.75 Å². The second kappa shape index (κ2) is 4.06. The summed E-state index contributed by atoms with van der Waals surface area (Å²) in [5.74, 6) is 2.47. The molecule has 82 valence electrons. The fraction of sp³-hybridized carbons (Fsp3) is 0.500. The van der Waals surface area contributed by atoms with Crippen LogP contribution in [0.2, 0.25) is 0 Å². The van der Waals surface area contributed by atoms with Crippen LogP contribution < -0.4 is 4.74 Å². The third kappa shape index (κ3) is 2.29. The second-order valence-electron chi connectivity index (χ2n) is 4.22. The molecule has 0 saturated carbocycles. The molecule has 0 aromatic heterocycles. The average Bonchev–Trinajstić information content (AvgIpc) is 2.14. The highest BCUT2D eigenvalue weighted by atomic mass is 32.2. The predicted molar refractivity (Wildman–Crippen MR) is 63.4 cm³/mol. The van der Waals surface area contributed by atoms with E-state index in [-0.39, 0.29) is 6.10 Å². The van der Waals surface area contributed by atoms with Gasteiger partial charge in [-0.2, -0.15) is 11.8 Å². The molecule has 0 unspecified atom stereocenters. The first kappa shape index (κ1) is 10.8. The summed E-state index contributed by atoms with van der Waals surface area (Å²) in [4.78, 5) is 0. The average molecular weight is 224 g/mol. The van der Waals surface area contributed by atoms with Crippen LogP contribution in [0.25, 0.3) is 0 Å². The van der Waals surface area contributed by atoms with E-state index in [1.54, 1.807) is 11.8 Å². The van der Waals surface area contributed by atoms with Crippen molar-refractivity contribution in [1.29, 1.82) is 0 Å². The smallest absolute Gasteiger partial charge is 0.119 e. The molecule has 1 N–H and O–H groups in total. The fourth-order valence-electron chi connectivity index (χ4n) is 1.58. The van der Waals surface area contributed by atoms with E-state index in [2.05, 4.69) is 0 Å². The van der Waals surface area contributed by atoms with Crippen molar-refractivity contribution in [3.63, 3.8) is 0 Å². The van der Waals surface area contributed by atoms with Crippen LogP contribution in [0.1, 0.15) is 19.4 Å². The lowest BCUT2D eigenvalue weighted by molar-refractivity contribution is 0.0768. The maximum atomic E-state index is 10.1. The van der Waals surface area contributed by atoms with Gasteiger partial charge in [0.25, 0.3) is 0 Å². The Bertz CT molecular complexity index is 328. The molecule has 1 fully saturated rings. The quantitative estimate of drug-likeness (QED) is 0.855. The van der Waals surface area contributed by atoms with Gasteiger partial charge in [0.1, 0.15) is 11.4 Å². The molecule has 0 bridgehead atoms. The summed E-state index contributed by atoms with van der Waals surface area (Å²) in [7, 11) is 0. The SMILES string of the molecule is CC(C)Oc1ccc(C2(O)CSC2)cc1. The third-order valence-electron chi connectivity index (χ3n) is 2.45. The van der Waals surface area contributed by atoms with Crippen molar-refractivity contribution >= 4 is 11.8 Å². The molecule has 0 spiro atoms. The number of ether oxygens (including phenoxy) is 1. The Morgan fingerprint density at radius 3 is 2.27 bits per heavy atom. The number of thioether (sulfide) groups is 1. The molecule has 0 aliphatic carbocycles. The zero-order valence-electron chi connectivity index (χ0n) is 9.06. The van der Waals surface area contributed by atoms with Gasteiger partial charge in [0.2, 0.25) is 0 Å². The van der Waals surface area contributed by atoms with Crippen LogP contribution in [0, 0.1) is 0 Å². The summed E-state index contributed by atoms with van der Waals surface area (Å²) in [6, 6.07) is 7.77. The van der Waals surface area contributed by atoms with Crippen LogP contribution in [0.5, 0.6) is 5.75 Å². The number of hydrogen-bond acceptors (Lipinski definition) is 3. The van der Waals surface area contributed by atoms with Gasteiger partial charge in [-0.05, 0) is 31.5 Å².